The van der Waals surface area contributed by atoms with Crippen LogP contribution < -0.4 is 10.6 Å². The molecule has 6 nitrogen and oxygen atoms in total. The molecule has 0 bridgehead atoms. The number of halogens is 3. The second-order valence-corrected chi connectivity index (χ2v) is 4.67. The summed E-state index contributed by atoms with van der Waals surface area (Å²) in [5, 5.41) is 14.1. The summed E-state index contributed by atoms with van der Waals surface area (Å²) in [7, 11) is 0. The highest BCUT2D eigenvalue weighted by Gasteiger charge is 2.33. The maximum absolute atomic E-state index is 12.3. The fourth-order valence-corrected chi connectivity index (χ4v) is 1.92. The third-order valence-corrected chi connectivity index (χ3v) is 2.94. The molecule has 0 unspecified atom stereocenters. The third kappa shape index (κ3) is 5.87. The SMILES string of the molecule is O=C(O)CCCNC(=O)NCc1nc(C(F)(F)F)cs1. The average Bonchev–Trinajstić information content (AvgIpc) is 2.80. The molecule has 0 aliphatic rings. The number of nitrogens with one attached hydrogen (secondary N) is 2. The van der Waals surface area contributed by atoms with E-state index in [-0.39, 0.29) is 30.9 Å². The highest BCUT2D eigenvalue weighted by molar-refractivity contribution is 7.09. The molecule has 112 valence electrons. The Bertz CT molecular complexity index is 476. The van der Waals surface area contributed by atoms with E-state index >= 15 is 0 Å². The molecule has 0 atom stereocenters. The number of amides is 2. The van der Waals surface area contributed by atoms with Crippen LogP contribution in [0.2, 0.25) is 0 Å². The van der Waals surface area contributed by atoms with E-state index in [0.717, 1.165) is 16.7 Å². The Morgan fingerprint density at radius 3 is 2.60 bits per heavy atom. The highest BCUT2D eigenvalue weighted by atomic mass is 32.1. The van der Waals surface area contributed by atoms with Crippen LogP contribution in [-0.2, 0) is 17.5 Å². The lowest BCUT2D eigenvalue weighted by atomic mass is 10.3. The normalized spacial score (nSPS) is 11.2. The first-order chi connectivity index (χ1) is 9.29. The van der Waals surface area contributed by atoms with Gasteiger partial charge in [0.2, 0.25) is 0 Å². The van der Waals surface area contributed by atoms with Crippen LogP contribution in [0.15, 0.2) is 5.38 Å². The van der Waals surface area contributed by atoms with Crippen molar-refractivity contribution in [2.75, 3.05) is 6.54 Å². The van der Waals surface area contributed by atoms with Crippen molar-refractivity contribution in [3.05, 3.63) is 16.1 Å². The molecule has 0 saturated heterocycles. The molecule has 1 aromatic rings. The zero-order chi connectivity index (χ0) is 15.2. The van der Waals surface area contributed by atoms with Gasteiger partial charge < -0.3 is 15.7 Å². The summed E-state index contributed by atoms with van der Waals surface area (Å²) < 4.78 is 36.8. The van der Waals surface area contributed by atoms with Crippen molar-refractivity contribution in [3.8, 4) is 0 Å². The molecule has 1 heterocycles. The minimum absolute atomic E-state index is 0.0678. The molecule has 0 aliphatic heterocycles. The predicted molar refractivity (Wildman–Crippen MR) is 64.2 cm³/mol. The van der Waals surface area contributed by atoms with Crippen LogP contribution in [0.3, 0.4) is 0 Å². The fraction of sp³-hybridized carbons (Fsp3) is 0.500. The van der Waals surface area contributed by atoms with E-state index in [1.807, 2.05) is 0 Å². The summed E-state index contributed by atoms with van der Waals surface area (Å²) in [4.78, 5) is 24.8. The van der Waals surface area contributed by atoms with E-state index in [1.54, 1.807) is 0 Å². The Morgan fingerprint density at radius 1 is 1.35 bits per heavy atom. The van der Waals surface area contributed by atoms with Gasteiger partial charge in [0.1, 0.15) is 5.01 Å². The molecule has 2 amide bonds. The first-order valence-electron chi connectivity index (χ1n) is 5.54. The van der Waals surface area contributed by atoms with Crippen molar-refractivity contribution in [1.82, 2.24) is 15.6 Å². The van der Waals surface area contributed by atoms with Gasteiger partial charge in [0, 0.05) is 18.3 Å². The fourth-order valence-electron chi connectivity index (χ4n) is 1.18. The molecule has 0 spiro atoms. The molecule has 20 heavy (non-hydrogen) atoms. The van der Waals surface area contributed by atoms with Crippen LogP contribution in [0.5, 0.6) is 0 Å². The van der Waals surface area contributed by atoms with E-state index in [2.05, 4.69) is 15.6 Å². The van der Waals surface area contributed by atoms with Crippen molar-refractivity contribution in [2.45, 2.75) is 25.6 Å². The number of rotatable bonds is 6. The molecule has 0 aromatic carbocycles. The third-order valence-electron chi connectivity index (χ3n) is 2.10. The van der Waals surface area contributed by atoms with E-state index in [0.29, 0.717) is 0 Å². The van der Waals surface area contributed by atoms with Crippen molar-refractivity contribution < 1.29 is 27.9 Å². The van der Waals surface area contributed by atoms with Crippen LogP contribution >= 0.6 is 11.3 Å². The number of hydrogen-bond acceptors (Lipinski definition) is 4. The van der Waals surface area contributed by atoms with Crippen LogP contribution in [0, 0.1) is 0 Å². The van der Waals surface area contributed by atoms with Gasteiger partial charge >= 0.3 is 18.2 Å². The number of carbonyl (C=O) groups is 2. The second-order valence-electron chi connectivity index (χ2n) is 3.73. The van der Waals surface area contributed by atoms with Crippen LogP contribution in [0.1, 0.15) is 23.5 Å². The molecule has 0 radical (unpaired) electrons. The number of nitrogens with zero attached hydrogens (tertiary/aromatic N) is 1. The van der Waals surface area contributed by atoms with Gasteiger partial charge in [-0.2, -0.15) is 13.2 Å². The quantitative estimate of drug-likeness (QED) is 0.699. The van der Waals surface area contributed by atoms with Crippen molar-refractivity contribution in [2.24, 2.45) is 0 Å². The Morgan fingerprint density at radius 2 is 2.05 bits per heavy atom. The summed E-state index contributed by atoms with van der Waals surface area (Å²) in [6.07, 6.45) is -4.28. The average molecular weight is 311 g/mol. The monoisotopic (exact) mass is 311 g/mol. The minimum atomic E-state index is -4.49. The van der Waals surface area contributed by atoms with E-state index in [4.69, 9.17) is 5.11 Å². The van der Waals surface area contributed by atoms with Gasteiger partial charge in [-0.1, -0.05) is 0 Å². The Labute approximate surface area is 116 Å². The number of aliphatic carboxylic acids is 1. The van der Waals surface area contributed by atoms with Gasteiger partial charge in [-0.15, -0.1) is 11.3 Å². The van der Waals surface area contributed by atoms with Gasteiger partial charge in [-0.3, -0.25) is 4.79 Å². The number of carbonyl (C=O) groups excluding carboxylic acids is 1. The topological polar surface area (TPSA) is 91.3 Å². The smallest absolute Gasteiger partial charge is 0.434 e. The van der Waals surface area contributed by atoms with Crippen LogP contribution in [0.4, 0.5) is 18.0 Å². The number of alkyl halides is 3. The summed E-state index contributed by atoms with van der Waals surface area (Å²) >= 11 is 0.799. The van der Waals surface area contributed by atoms with Crippen molar-refractivity contribution in [3.63, 3.8) is 0 Å². The highest BCUT2D eigenvalue weighted by Crippen LogP contribution is 2.29. The lowest BCUT2D eigenvalue weighted by Gasteiger charge is -2.05. The first kappa shape index (κ1) is 16.2. The lowest BCUT2D eigenvalue weighted by Crippen LogP contribution is -2.35. The minimum Gasteiger partial charge on any atom is -0.481 e. The standard InChI is InChI=1S/C10H12F3N3O3S/c11-10(12,13)6-5-20-7(16-6)4-15-9(19)14-3-1-2-8(17)18/h5H,1-4H2,(H,17,18)(H2,14,15,19). The maximum atomic E-state index is 12.3. The summed E-state index contributed by atoms with van der Waals surface area (Å²) in [5.41, 5.74) is -0.985. The van der Waals surface area contributed by atoms with Gasteiger partial charge in [-0.05, 0) is 6.42 Å². The predicted octanol–water partition coefficient (Wildman–Crippen LogP) is 1.83. The van der Waals surface area contributed by atoms with Crippen LogP contribution in [0.25, 0.3) is 0 Å². The Kier molecular flexibility index (Phi) is 5.74. The molecule has 0 saturated carbocycles. The maximum Gasteiger partial charge on any atom is 0.434 e. The molecular formula is C10H12F3N3O3S. The van der Waals surface area contributed by atoms with E-state index < -0.39 is 23.9 Å². The van der Waals surface area contributed by atoms with Crippen molar-refractivity contribution in [1.29, 1.82) is 0 Å². The van der Waals surface area contributed by atoms with Gasteiger partial charge in [0.05, 0.1) is 6.54 Å². The molecule has 1 rings (SSSR count). The van der Waals surface area contributed by atoms with Gasteiger partial charge in [-0.25, -0.2) is 9.78 Å². The van der Waals surface area contributed by atoms with E-state index in [9.17, 15) is 22.8 Å². The lowest BCUT2D eigenvalue weighted by molar-refractivity contribution is -0.141. The number of carboxylic acids is 1. The Balaban J connectivity index is 2.27. The summed E-state index contributed by atoms with van der Waals surface area (Å²) in [6, 6.07) is -0.584. The zero-order valence-corrected chi connectivity index (χ0v) is 11.0. The summed E-state index contributed by atoms with van der Waals surface area (Å²) in [6.45, 7) is 0.0509. The van der Waals surface area contributed by atoms with Crippen LogP contribution in [-0.4, -0.2) is 28.6 Å². The number of hydrogen-bond donors (Lipinski definition) is 3. The second kappa shape index (κ2) is 7.08. The van der Waals surface area contributed by atoms with E-state index in [1.165, 1.54) is 0 Å². The molecule has 1 aromatic heterocycles. The Hall–Kier alpha value is -1.84. The number of aromatic nitrogens is 1. The van der Waals surface area contributed by atoms with Crippen molar-refractivity contribution >= 4 is 23.3 Å². The number of carboxylic acid groups (broad SMARTS) is 1. The molecule has 3 N–H and O–H groups in total. The molecule has 10 heteroatoms. The zero-order valence-electron chi connectivity index (χ0n) is 10.2. The molecule has 0 fully saturated rings. The summed E-state index contributed by atoms with van der Waals surface area (Å²) in [5.74, 6) is -0.963. The molecule has 0 aliphatic carbocycles. The number of urea groups is 1. The first-order valence-corrected chi connectivity index (χ1v) is 6.42. The van der Waals surface area contributed by atoms with Gasteiger partial charge in [0.15, 0.2) is 5.69 Å². The van der Waals surface area contributed by atoms with Gasteiger partial charge in [0.25, 0.3) is 0 Å². The molecular weight excluding hydrogens is 299 g/mol. The largest absolute Gasteiger partial charge is 0.481 e. The number of thiazole rings is 1.